The molecule has 4 heteroatoms. The largest absolute Gasteiger partial charge is 0.490 e. The van der Waals surface area contributed by atoms with Gasteiger partial charge in [0.2, 0.25) is 5.91 Å². The highest BCUT2D eigenvalue weighted by atomic mass is 16.5. The van der Waals surface area contributed by atoms with Gasteiger partial charge in [-0.2, -0.15) is 0 Å². The third-order valence-corrected chi connectivity index (χ3v) is 3.96. The molecule has 0 aliphatic heterocycles. The highest BCUT2D eigenvalue weighted by Gasteiger charge is 2.24. The average molecular weight is 311 g/mol. The molecule has 0 unspecified atom stereocenters. The van der Waals surface area contributed by atoms with Gasteiger partial charge in [-0.1, -0.05) is 24.6 Å². The molecule has 1 saturated carbocycles. The lowest BCUT2D eigenvalue weighted by molar-refractivity contribution is -0.122. The van der Waals surface area contributed by atoms with Gasteiger partial charge in [-0.3, -0.25) is 4.79 Å². The number of carbonyl (C=O) groups is 1. The van der Waals surface area contributed by atoms with E-state index >= 15 is 0 Å². The van der Waals surface area contributed by atoms with E-state index in [9.17, 15) is 4.79 Å². The first kappa shape index (κ1) is 15.4. The van der Waals surface area contributed by atoms with Crippen LogP contribution in [0.4, 0.5) is 5.69 Å². The summed E-state index contributed by atoms with van der Waals surface area (Å²) in [6.45, 7) is 0.965. The molecule has 1 N–H and O–H groups in total. The van der Waals surface area contributed by atoms with Gasteiger partial charge >= 0.3 is 0 Å². The maximum absolute atomic E-state index is 11.9. The second-order valence-corrected chi connectivity index (χ2v) is 5.65. The quantitative estimate of drug-likeness (QED) is 0.789. The minimum atomic E-state index is 0.126. The van der Waals surface area contributed by atoms with Crippen LogP contribution in [-0.4, -0.2) is 19.1 Å². The Labute approximate surface area is 136 Å². The molecule has 1 aliphatic carbocycles. The fourth-order valence-corrected chi connectivity index (χ4v) is 2.39. The van der Waals surface area contributed by atoms with Crippen LogP contribution in [0, 0.1) is 5.92 Å². The van der Waals surface area contributed by atoms with Crippen LogP contribution in [0.2, 0.25) is 0 Å². The minimum Gasteiger partial charge on any atom is -0.490 e. The van der Waals surface area contributed by atoms with Gasteiger partial charge < -0.3 is 14.8 Å². The van der Waals surface area contributed by atoms with Crippen LogP contribution in [0.15, 0.2) is 54.6 Å². The van der Waals surface area contributed by atoms with Crippen molar-refractivity contribution < 1.29 is 14.3 Å². The van der Waals surface area contributed by atoms with E-state index in [1.807, 2.05) is 54.6 Å². The number of nitrogens with one attached hydrogen (secondary N) is 1. The summed E-state index contributed by atoms with van der Waals surface area (Å²) in [5.41, 5.74) is 0.815. The third-order valence-electron chi connectivity index (χ3n) is 3.96. The minimum absolute atomic E-state index is 0.126. The van der Waals surface area contributed by atoms with Crippen LogP contribution in [0.1, 0.15) is 19.3 Å². The summed E-state index contributed by atoms with van der Waals surface area (Å²) >= 11 is 0. The second-order valence-electron chi connectivity index (χ2n) is 5.65. The number of hydrogen-bond acceptors (Lipinski definition) is 3. The number of para-hydroxylation sites is 1. The Morgan fingerprint density at radius 1 is 0.913 bits per heavy atom. The van der Waals surface area contributed by atoms with Crippen molar-refractivity contribution in [3.05, 3.63) is 54.6 Å². The predicted molar refractivity (Wildman–Crippen MR) is 89.8 cm³/mol. The van der Waals surface area contributed by atoms with Crippen molar-refractivity contribution in [1.29, 1.82) is 0 Å². The Morgan fingerprint density at radius 2 is 1.52 bits per heavy atom. The first-order valence-electron chi connectivity index (χ1n) is 8.03. The number of carbonyl (C=O) groups excluding carboxylic acids is 1. The van der Waals surface area contributed by atoms with E-state index in [-0.39, 0.29) is 11.8 Å². The Morgan fingerprint density at radius 3 is 2.09 bits per heavy atom. The second kappa shape index (κ2) is 7.68. The molecule has 2 aromatic carbocycles. The number of ether oxygens (including phenoxy) is 2. The number of benzene rings is 2. The van der Waals surface area contributed by atoms with Crippen LogP contribution in [0.25, 0.3) is 0 Å². The van der Waals surface area contributed by atoms with E-state index in [1.54, 1.807) is 0 Å². The lowest BCUT2D eigenvalue weighted by atomic mass is 9.85. The summed E-state index contributed by atoms with van der Waals surface area (Å²) in [4.78, 5) is 11.9. The zero-order valence-corrected chi connectivity index (χ0v) is 13.0. The molecule has 0 atom stereocenters. The standard InChI is InChI=1S/C19H21NO3/c21-19(15-5-4-6-15)20-16-9-11-18(12-10-16)23-14-13-22-17-7-2-1-3-8-17/h1-3,7-12,15H,4-6,13-14H2,(H,20,21). The molecule has 23 heavy (non-hydrogen) atoms. The molecule has 1 fully saturated rings. The Hall–Kier alpha value is -2.49. The van der Waals surface area contributed by atoms with Crippen molar-refractivity contribution in [2.24, 2.45) is 5.92 Å². The first-order chi connectivity index (χ1) is 11.3. The van der Waals surface area contributed by atoms with E-state index in [2.05, 4.69) is 5.32 Å². The van der Waals surface area contributed by atoms with E-state index in [4.69, 9.17) is 9.47 Å². The van der Waals surface area contributed by atoms with Gasteiger partial charge in [0, 0.05) is 11.6 Å². The Kier molecular flexibility index (Phi) is 5.14. The number of amides is 1. The molecule has 4 nitrogen and oxygen atoms in total. The molecule has 0 heterocycles. The highest BCUT2D eigenvalue weighted by Crippen LogP contribution is 2.27. The van der Waals surface area contributed by atoms with E-state index < -0.39 is 0 Å². The number of anilines is 1. The topological polar surface area (TPSA) is 47.6 Å². The van der Waals surface area contributed by atoms with Gasteiger partial charge in [0.05, 0.1) is 0 Å². The molecule has 0 spiro atoms. The SMILES string of the molecule is O=C(Nc1ccc(OCCOc2ccccc2)cc1)C1CCC1. The Balaban J connectivity index is 1.39. The molecule has 0 bridgehead atoms. The van der Waals surface area contributed by atoms with Gasteiger partial charge in [0.1, 0.15) is 24.7 Å². The Bertz CT molecular complexity index is 621. The van der Waals surface area contributed by atoms with Crippen LogP contribution in [0.3, 0.4) is 0 Å². The fraction of sp³-hybridized carbons (Fsp3) is 0.316. The summed E-state index contributed by atoms with van der Waals surface area (Å²) in [5, 5.41) is 2.94. The monoisotopic (exact) mass is 311 g/mol. The molecule has 1 amide bonds. The van der Waals surface area contributed by atoms with Crippen molar-refractivity contribution in [3.8, 4) is 11.5 Å². The van der Waals surface area contributed by atoms with Crippen LogP contribution < -0.4 is 14.8 Å². The summed E-state index contributed by atoms with van der Waals surface area (Å²) in [6, 6.07) is 17.1. The normalized spacial score (nSPS) is 13.9. The number of hydrogen-bond donors (Lipinski definition) is 1. The van der Waals surface area contributed by atoms with Crippen LogP contribution >= 0.6 is 0 Å². The summed E-state index contributed by atoms with van der Waals surface area (Å²) < 4.78 is 11.2. The fourth-order valence-electron chi connectivity index (χ4n) is 2.39. The van der Waals surface area contributed by atoms with Gasteiger partial charge in [-0.15, -0.1) is 0 Å². The molecule has 0 aromatic heterocycles. The molecule has 120 valence electrons. The molecule has 3 rings (SSSR count). The molecular formula is C19H21NO3. The molecule has 2 aromatic rings. The van der Waals surface area contributed by atoms with E-state index in [0.717, 1.165) is 36.4 Å². The van der Waals surface area contributed by atoms with Gasteiger partial charge in [-0.05, 0) is 49.2 Å². The van der Waals surface area contributed by atoms with E-state index in [0.29, 0.717) is 13.2 Å². The zero-order chi connectivity index (χ0) is 15.9. The highest BCUT2D eigenvalue weighted by molar-refractivity contribution is 5.93. The molecule has 0 saturated heterocycles. The van der Waals surface area contributed by atoms with Crippen molar-refractivity contribution in [3.63, 3.8) is 0 Å². The van der Waals surface area contributed by atoms with Gasteiger partial charge in [0.25, 0.3) is 0 Å². The van der Waals surface area contributed by atoms with Crippen LogP contribution in [0.5, 0.6) is 11.5 Å². The summed E-state index contributed by atoms with van der Waals surface area (Å²) in [6.07, 6.45) is 3.18. The van der Waals surface area contributed by atoms with Gasteiger partial charge in [-0.25, -0.2) is 0 Å². The maximum atomic E-state index is 11.9. The number of rotatable bonds is 7. The first-order valence-corrected chi connectivity index (χ1v) is 8.03. The predicted octanol–water partition coefficient (Wildman–Crippen LogP) is 3.88. The van der Waals surface area contributed by atoms with Crippen LogP contribution in [-0.2, 0) is 4.79 Å². The smallest absolute Gasteiger partial charge is 0.227 e. The van der Waals surface area contributed by atoms with Gasteiger partial charge in [0.15, 0.2) is 0 Å². The molecule has 0 radical (unpaired) electrons. The van der Waals surface area contributed by atoms with Crippen molar-refractivity contribution in [2.75, 3.05) is 18.5 Å². The lowest BCUT2D eigenvalue weighted by Gasteiger charge is -2.24. The van der Waals surface area contributed by atoms with Crippen molar-refractivity contribution in [2.45, 2.75) is 19.3 Å². The average Bonchev–Trinajstić information content (AvgIpc) is 2.52. The zero-order valence-electron chi connectivity index (χ0n) is 13.0. The summed E-state index contributed by atoms with van der Waals surface area (Å²) in [5.74, 6) is 1.93. The third kappa shape index (κ3) is 4.49. The summed E-state index contributed by atoms with van der Waals surface area (Å²) in [7, 11) is 0. The molecule has 1 aliphatic rings. The maximum Gasteiger partial charge on any atom is 0.227 e. The lowest BCUT2D eigenvalue weighted by Crippen LogP contribution is -2.27. The van der Waals surface area contributed by atoms with Crippen molar-refractivity contribution in [1.82, 2.24) is 0 Å². The van der Waals surface area contributed by atoms with Crippen molar-refractivity contribution >= 4 is 11.6 Å². The van der Waals surface area contributed by atoms with E-state index in [1.165, 1.54) is 0 Å². The molecular weight excluding hydrogens is 290 g/mol.